The first kappa shape index (κ1) is 15.1. The van der Waals surface area contributed by atoms with Crippen LogP contribution < -0.4 is 4.74 Å². The second-order valence-corrected chi connectivity index (χ2v) is 6.95. The average molecular weight is 343 g/mol. The maximum absolute atomic E-state index is 11.4. The molecule has 1 spiro atoms. The molecule has 0 radical (unpaired) electrons. The molecule has 0 saturated heterocycles. The summed E-state index contributed by atoms with van der Waals surface area (Å²) in [7, 11) is 0. The highest BCUT2D eigenvalue weighted by Gasteiger charge is 2.46. The Labute approximate surface area is 151 Å². The lowest BCUT2D eigenvalue weighted by Crippen LogP contribution is -2.36. The molecule has 4 heteroatoms. The molecule has 3 aromatic rings. The van der Waals surface area contributed by atoms with E-state index in [0.717, 1.165) is 36.1 Å². The van der Waals surface area contributed by atoms with E-state index < -0.39 is 5.41 Å². The number of aryl methyl sites for hydroxylation is 1. The van der Waals surface area contributed by atoms with Gasteiger partial charge in [0.15, 0.2) is 0 Å². The van der Waals surface area contributed by atoms with Gasteiger partial charge < -0.3 is 4.74 Å². The quantitative estimate of drug-likeness (QED) is 0.441. The van der Waals surface area contributed by atoms with Crippen LogP contribution >= 0.6 is 0 Å². The predicted octanol–water partition coefficient (Wildman–Crippen LogP) is 5.37. The Hall–Kier alpha value is -3.14. The SMILES string of the molecule is O=[N+]([O-])c1ccc2c(c1)C1(CCCc3ccccc31)c1ccccc1O2. The van der Waals surface area contributed by atoms with E-state index in [1.54, 1.807) is 12.1 Å². The van der Waals surface area contributed by atoms with Crippen LogP contribution in [0.5, 0.6) is 11.5 Å². The van der Waals surface area contributed by atoms with E-state index in [1.165, 1.54) is 17.2 Å². The fourth-order valence-corrected chi connectivity index (χ4v) is 4.62. The lowest BCUT2D eigenvalue weighted by Gasteiger charge is -2.44. The summed E-state index contributed by atoms with van der Waals surface area (Å²) in [5.74, 6) is 1.55. The number of para-hydroxylation sites is 1. The van der Waals surface area contributed by atoms with Gasteiger partial charge in [0, 0.05) is 23.3 Å². The first-order chi connectivity index (χ1) is 12.7. The molecule has 0 amide bonds. The van der Waals surface area contributed by atoms with Gasteiger partial charge in [0.25, 0.3) is 5.69 Å². The number of ether oxygens (including phenoxy) is 1. The highest BCUT2D eigenvalue weighted by Crippen LogP contribution is 2.56. The number of nitrogens with zero attached hydrogens (tertiary/aromatic N) is 1. The number of nitro groups is 1. The van der Waals surface area contributed by atoms with Crippen LogP contribution in [0, 0.1) is 10.1 Å². The van der Waals surface area contributed by atoms with Gasteiger partial charge in [-0.05, 0) is 42.5 Å². The van der Waals surface area contributed by atoms with E-state index in [2.05, 4.69) is 30.3 Å². The van der Waals surface area contributed by atoms with Crippen LogP contribution in [0.1, 0.15) is 35.1 Å². The van der Waals surface area contributed by atoms with E-state index >= 15 is 0 Å². The monoisotopic (exact) mass is 343 g/mol. The maximum Gasteiger partial charge on any atom is 0.270 e. The van der Waals surface area contributed by atoms with Crippen molar-refractivity contribution in [2.24, 2.45) is 0 Å². The van der Waals surface area contributed by atoms with Gasteiger partial charge in [-0.25, -0.2) is 0 Å². The van der Waals surface area contributed by atoms with Crippen LogP contribution in [0.4, 0.5) is 5.69 Å². The first-order valence-electron chi connectivity index (χ1n) is 8.85. The highest BCUT2D eigenvalue weighted by atomic mass is 16.6. The van der Waals surface area contributed by atoms with Gasteiger partial charge in [-0.15, -0.1) is 0 Å². The van der Waals surface area contributed by atoms with Gasteiger partial charge in [0.05, 0.1) is 10.3 Å². The number of non-ortho nitro benzene ring substituents is 1. The Balaban J connectivity index is 1.89. The van der Waals surface area contributed by atoms with Crippen molar-refractivity contribution in [1.82, 2.24) is 0 Å². The molecule has 1 atom stereocenters. The third-order valence-electron chi connectivity index (χ3n) is 5.68. The van der Waals surface area contributed by atoms with Crippen molar-refractivity contribution < 1.29 is 9.66 Å². The standard InChI is InChI=1S/C22H17NO3/c24-23(25)16-11-12-21-19(14-16)22(18-9-3-4-10-20(18)26-21)13-5-7-15-6-1-2-8-17(15)22/h1-4,6,8-12,14H,5,7,13H2. The molecule has 128 valence electrons. The topological polar surface area (TPSA) is 52.4 Å². The van der Waals surface area contributed by atoms with Crippen molar-refractivity contribution in [3.63, 3.8) is 0 Å². The summed E-state index contributed by atoms with van der Waals surface area (Å²) in [6.07, 6.45) is 2.98. The molecule has 26 heavy (non-hydrogen) atoms. The first-order valence-corrected chi connectivity index (χ1v) is 8.85. The largest absolute Gasteiger partial charge is 0.457 e. The molecule has 0 aromatic heterocycles. The molecule has 0 bridgehead atoms. The zero-order valence-corrected chi connectivity index (χ0v) is 14.1. The minimum absolute atomic E-state index is 0.106. The molecule has 3 aromatic carbocycles. The maximum atomic E-state index is 11.4. The fraction of sp³-hybridized carbons (Fsp3) is 0.182. The molecule has 0 N–H and O–H groups in total. The average Bonchev–Trinajstić information content (AvgIpc) is 2.68. The van der Waals surface area contributed by atoms with Crippen LogP contribution in [-0.2, 0) is 11.8 Å². The highest BCUT2D eigenvalue weighted by molar-refractivity contribution is 5.66. The summed E-state index contributed by atoms with van der Waals surface area (Å²) in [5.41, 5.74) is 4.26. The number of hydrogen-bond donors (Lipinski definition) is 0. The second-order valence-electron chi connectivity index (χ2n) is 6.95. The van der Waals surface area contributed by atoms with E-state index in [1.807, 2.05) is 18.2 Å². The predicted molar refractivity (Wildman–Crippen MR) is 98.9 cm³/mol. The molecule has 1 aliphatic heterocycles. The van der Waals surface area contributed by atoms with Crippen molar-refractivity contribution in [2.75, 3.05) is 0 Å². The molecule has 1 heterocycles. The number of fused-ring (bicyclic) bond motifs is 6. The molecule has 0 saturated carbocycles. The second kappa shape index (κ2) is 5.43. The molecule has 1 aliphatic carbocycles. The van der Waals surface area contributed by atoms with Crippen LogP contribution in [0.3, 0.4) is 0 Å². The van der Waals surface area contributed by atoms with Crippen molar-refractivity contribution in [3.05, 3.63) is 99.1 Å². The summed E-state index contributed by atoms with van der Waals surface area (Å²) in [6.45, 7) is 0. The Bertz CT molecular complexity index is 1040. The fourth-order valence-electron chi connectivity index (χ4n) is 4.62. The molecule has 0 fully saturated rings. The number of rotatable bonds is 1. The molecular weight excluding hydrogens is 326 g/mol. The Morgan fingerprint density at radius 2 is 1.62 bits per heavy atom. The van der Waals surface area contributed by atoms with Gasteiger partial charge in [0.2, 0.25) is 0 Å². The summed E-state index contributed by atoms with van der Waals surface area (Å²) >= 11 is 0. The minimum Gasteiger partial charge on any atom is -0.457 e. The van der Waals surface area contributed by atoms with Gasteiger partial charge in [-0.2, -0.15) is 0 Å². The Kier molecular flexibility index (Phi) is 3.16. The van der Waals surface area contributed by atoms with E-state index in [9.17, 15) is 10.1 Å². The van der Waals surface area contributed by atoms with E-state index in [0.29, 0.717) is 5.75 Å². The van der Waals surface area contributed by atoms with Crippen molar-refractivity contribution in [3.8, 4) is 11.5 Å². The normalized spacial score (nSPS) is 19.8. The molecular formula is C22H17NO3. The smallest absolute Gasteiger partial charge is 0.270 e. The third-order valence-corrected chi connectivity index (χ3v) is 5.68. The van der Waals surface area contributed by atoms with Gasteiger partial charge in [-0.3, -0.25) is 10.1 Å². The molecule has 2 aliphatic rings. The number of hydrogen-bond acceptors (Lipinski definition) is 3. The summed E-state index contributed by atoms with van der Waals surface area (Å²) < 4.78 is 6.13. The van der Waals surface area contributed by atoms with Crippen molar-refractivity contribution in [2.45, 2.75) is 24.7 Å². The zero-order chi connectivity index (χ0) is 17.7. The molecule has 4 nitrogen and oxygen atoms in total. The van der Waals surface area contributed by atoms with Gasteiger partial charge >= 0.3 is 0 Å². The van der Waals surface area contributed by atoms with Crippen LogP contribution in [-0.4, -0.2) is 4.92 Å². The lowest BCUT2D eigenvalue weighted by atomic mass is 9.61. The van der Waals surface area contributed by atoms with E-state index in [4.69, 9.17) is 4.74 Å². The summed E-state index contributed by atoms with van der Waals surface area (Å²) in [6, 6.07) is 21.5. The Morgan fingerprint density at radius 3 is 2.46 bits per heavy atom. The van der Waals surface area contributed by atoms with Crippen LogP contribution in [0.15, 0.2) is 66.7 Å². The summed E-state index contributed by atoms with van der Waals surface area (Å²) in [5, 5.41) is 11.4. The van der Waals surface area contributed by atoms with Crippen LogP contribution in [0.2, 0.25) is 0 Å². The number of benzene rings is 3. The zero-order valence-electron chi connectivity index (χ0n) is 14.1. The van der Waals surface area contributed by atoms with Gasteiger partial charge in [0.1, 0.15) is 11.5 Å². The van der Waals surface area contributed by atoms with Gasteiger partial charge in [-0.1, -0.05) is 42.5 Å². The van der Waals surface area contributed by atoms with Crippen molar-refractivity contribution >= 4 is 5.69 Å². The lowest BCUT2D eigenvalue weighted by molar-refractivity contribution is -0.385. The molecule has 5 rings (SSSR count). The third kappa shape index (κ3) is 1.96. The van der Waals surface area contributed by atoms with Crippen molar-refractivity contribution in [1.29, 1.82) is 0 Å². The van der Waals surface area contributed by atoms with Crippen LogP contribution in [0.25, 0.3) is 0 Å². The Morgan fingerprint density at radius 1 is 0.885 bits per heavy atom. The molecule has 1 unspecified atom stereocenters. The summed E-state index contributed by atoms with van der Waals surface area (Å²) in [4.78, 5) is 11.1. The number of nitro benzene ring substituents is 1. The minimum atomic E-state index is -0.398. The van der Waals surface area contributed by atoms with E-state index in [-0.39, 0.29) is 10.6 Å².